The van der Waals surface area contributed by atoms with Gasteiger partial charge in [0.1, 0.15) is 17.3 Å². The fourth-order valence-electron chi connectivity index (χ4n) is 1.74. The Morgan fingerprint density at radius 1 is 1.35 bits per heavy atom. The summed E-state index contributed by atoms with van der Waals surface area (Å²) >= 11 is 5.78. The standard InChI is InChI=1S/C12H12Cl2N2O3S/c1-8-5-10(16(2)15-8)7-19-11-4-3-9(13)6-12(11)20(14,17)18/h3-6H,7H2,1-2H3. The molecule has 0 radical (unpaired) electrons. The van der Waals surface area contributed by atoms with E-state index in [1.165, 1.54) is 18.2 Å². The van der Waals surface area contributed by atoms with Crippen LogP contribution in [0.3, 0.4) is 0 Å². The summed E-state index contributed by atoms with van der Waals surface area (Å²) in [4.78, 5) is -0.148. The quantitative estimate of drug-likeness (QED) is 0.806. The van der Waals surface area contributed by atoms with E-state index in [1.54, 1.807) is 11.7 Å². The molecule has 0 saturated carbocycles. The molecular weight excluding hydrogens is 323 g/mol. The topological polar surface area (TPSA) is 61.2 Å². The summed E-state index contributed by atoms with van der Waals surface area (Å²) in [6.07, 6.45) is 0. The van der Waals surface area contributed by atoms with E-state index in [0.717, 1.165) is 11.4 Å². The second-order valence-electron chi connectivity index (χ2n) is 4.22. The van der Waals surface area contributed by atoms with Crippen LogP contribution in [0.2, 0.25) is 5.02 Å². The highest BCUT2D eigenvalue weighted by Crippen LogP contribution is 2.30. The van der Waals surface area contributed by atoms with Gasteiger partial charge in [0.05, 0.1) is 11.4 Å². The maximum absolute atomic E-state index is 11.5. The van der Waals surface area contributed by atoms with E-state index >= 15 is 0 Å². The number of hydrogen-bond acceptors (Lipinski definition) is 4. The lowest BCUT2D eigenvalue weighted by molar-refractivity contribution is 0.287. The summed E-state index contributed by atoms with van der Waals surface area (Å²) in [5.74, 6) is 0.156. The molecule has 0 spiro atoms. The Bertz CT molecular complexity index is 741. The van der Waals surface area contributed by atoms with E-state index in [4.69, 9.17) is 27.0 Å². The number of aryl methyl sites for hydroxylation is 2. The van der Waals surface area contributed by atoms with Gasteiger partial charge in [0.15, 0.2) is 0 Å². The molecule has 0 atom stereocenters. The summed E-state index contributed by atoms with van der Waals surface area (Å²) in [7, 11) is 3.23. The molecule has 5 nitrogen and oxygen atoms in total. The Balaban J connectivity index is 2.28. The first-order valence-electron chi connectivity index (χ1n) is 5.64. The second kappa shape index (κ2) is 5.63. The molecule has 1 aromatic carbocycles. The summed E-state index contributed by atoms with van der Waals surface area (Å²) in [5.41, 5.74) is 1.67. The highest BCUT2D eigenvalue weighted by molar-refractivity contribution is 8.13. The van der Waals surface area contributed by atoms with Gasteiger partial charge in [-0.3, -0.25) is 4.68 Å². The van der Waals surface area contributed by atoms with E-state index in [9.17, 15) is 8.42 Å². The summed E-state index contributed by atoms with van der Waals surface area (Å²) in [5, 5.41) is 4.45. The van der Waals surface area contributed by atoms with Crippen LogP contribution < -0.4 is 4.74 Å². The minimum absolute atomic E-state index is 0.148. The van der Waals surface area contributed by atoms with Gasteiger partial charge in [-0.05, 0) is 31.2 Å². The summed E-state index contributed by atoms with van der Waals surface area (Å²) < 4.78 is 30.2. The lowest BCUT2D eigenvalue weighted by Crippen LogP contribution is -2.05. The van der Waals surface area contributed by atoms with E-state index in [2.05, 4.69) is 5.10 Å². The van der Waals surface area contributed by atoms with E-state index in [0.29, 0.717) is 0 Å². The van der Waals surface area contributed by atoms with Gasteiger partial charge in [0.25, 0.3) is 9.05 Å². The molecule has 2 rings (SSSR count). The highest BCUT2D eigenvalue weighted by Gasteiger charge is 2.18. The monoisotopic (exact) mass is 334 g/mol. The zero-order valence-electron chi connectivity index (χ0n) is 10.8. The van der Waals surface area contributed by atoms with Crippen LogP contribution in [0.4, 0.5) is 0 Å². The smallest absolute Gasteiger partial charge is 0.265 e. The van der Waals surface area contributed by atoms with Crippen molar-refractivity contribution in [2.45, 2.75) is 18.4 Å². The number of benzene rings is 1. The van der Waals surface area contributed by atoms with Gasteiger partial charge < -0.3 is 4.74 Å². The molecule has 8 heteroatoms. The van der Waals surface area contributed by atoms with Crippen LogP contribution in [0, 0.1) is 6.92 Å². The fourth-order valence-corrected chi connectivity index (χ4v) is 2.98. The molecular formula is C12H12Cl2N2O3S. The summed E-state index contributed by atoms with van der Waals surface area (Å²) in [6, 6.07) is 6.12. The van der Waals surface area contributed by atoms with Crippen LogP contribution in [0.5, 0.6) is 5.75 Å². The van der Waals surface area contributed by atoms with Crippen LogP contribution in [0.1, 0.15) is 11.4 Å². The number of nitrogens with zero attached hydrogens (tertiary/aromatic N) is 2. The third kappa shape index (κ3) is 3.45. The first-order valence-corrected chi connectivity index (χ1v) is 8.32. The van der Waals surface area contributed by atoms with Crippen LogP contribution in [0.25, 0.3) is 0 Å². The van der Waals surface area contributed by atoms with Crippen molar-refractivity contribution in [2.24, 2.45) is 7.05 Å². The fraction of sp³-hybridized carbons (Fsp3) is 0.250. The van der Waals surface area contributed by atoms with Crippen LogP contribution >= 0.6 is 22.3 Å². The van der Waals surface area contributed by atoms with Gasteiger partial charge >= 0.3 is 0 Å². The Kier molecular flexibility index (Phi) is 4.27. The van der Waals surface area contributed by atoms with Gasteiger partial charge in [0, 0.05) is 22.8 Å². The number of ether oxygens (including phenoxy) is 1. The molecule has 0 saturated heterocycles. The molecule has 1 aromatic heterocycles. The number of aromatic nitrogens is 2. The van der Waals surface area contributed by atoms with Crippen molar-refractivity contribution in [2.75, 3.05) is 0 Å². The van der Waals surface area contributed by atoms with Crippen molar-refractivity contribution in [1.82, 2.24) is 9.78 Å². The third-order valence-corrected chi connectivity index (χ3v) is 4.22. The minimum atomic E-state index is -3.92. The van der Waals surface area contributed by atoms with Crippen molar-refractivity contribution in [3.05, 3.63) is 40.7 Å². The predicted molar refractivity (Wildman–Crippen MR) is 76.8 cm³/mol. The Labute approximate surface area is 126 Å². The van der Waals surface area contributed by atoms with E-state index in [1.807, 2.05) is 13.0 Å². The van der Waals surface area contributed by atoms with E-state index in [-0.39, 0.29) is 22.3 Å². The Morgan fingerprint density at radius 2 is 2.05 bits per heavy atom. The number of halogens is 2. The average molecular weight is 335 g/mol. The number of rotatable bonds is 4. The largest absolute Gasteiger partial charge is 0.486 e. The molecule has 0 fully saturated rings. The van der Waals surface area contributed by atoms with Crippen molar-refractivity contribution < 1.29 is 13.2 Å². The number of hydrogen-bond donors (Lipinski definition) is 0. The molecule has 108 valence electrons. The Hall–Kier alpha value is -1.24. The van der Waals surface area contributed by atoms with Crippen molar-refractivity contribution >= 4 is 31.3 Å². The Morgan fingerprint density at radius 3 is 2.60 bits per heavy atom. The molecule has 20 heavy (non-hydrogen) atoms. The SMILES string of the molecule is Cc1cc(COc2ccc(Cl)cc2S(=O)(=O)Cl)n(C)n1. The molecule has 0 unspecified atom stereocenters. The normalized spacial score (nSPS) is 11.6. The third-order valence-electron chi connectivity index (χ3n) is 2.64. The highest BCUT2D eigenvalue weighted by atomic mass is 35.7. The molecule has 0 N–H and O–H groups in total. The predicted octanol–water partition coefficient (Wildman–Crippen LogP) is 2.89. The van der Waals surface area contributed by atoms with Crippen LogP contribution in [-0.2, 0) is 22.7 Å². The molecule has 0 amide bonds. The van der Waals surface area contributed by atoms with Gasteiger partial charge in [-0.15, -0.1) is 0 Å². The zero-order chi connectivity index (χ0) is 14.9. The zero-order valence-corrected chi connectivity index (χ0v) is 13.1. The lowest BCUT2D eigenvalue weighted by Gasteiger charge is -2.10. The van der Waals surface area contributed by atoms with Crippen molar-refractivity contribution in [1.29, 1.82) is 0 Å². The van der Waals surface area contributed by atoms with Gasteiger partial charge in [-0.1, -0.05) is 11.6 Å². The molecule has 0 aliphatic carbocycles. The molecule has 0 aliphatic heterocycles. The maximum atomic E-state index is 11.5. The van der Waals surface area contributed by atoms with Crippen LogP contribution in [-0.4, -0.2) is 18.2 Å². The van der Waals surface area contributed by atoms with Crippen molar-refractivity contribution in [3.8, 4) is 5.75 Å². The van der Waals surface area contributed by atoms with Crippen molar-refractivity contribution in [3.63, 3.8) is 0 Å². The summed E-state index contributed by atoms with van der Waals surface area (Å²) in [6.45, 7) is 2.04. The van der Waals surface area contributed by atoms with E-state index < -0.39 is 9.05 Å². The first-order chi connectivity index (χ1) is 9.27. The molecule has 2 aromatic rings. The maximum Gasteiger partial charge on any atom is 0.265 e. The van der Waals surface area contributed by atoms with Crippen LogP contribution in [0.15, 0.2) is 29.2 Å². The minimum Gasteiger partial charge on any atom is -0.486 e. The van der Waals surface area contributed by atoms with Gasteiger partial charge in [-0.2, -0.15) is 5.10 Å². The lowest BCUT2D eigenvalue weighted by atomic mass is 10.3. The van der Waals surface area contributed by atoms with Gasteiger partial charge in [0.2, 0.25) is 0 Å². The van der Waals surface area contributed by atoms with Gasteiger partial charge in [-0.25, -0.2) is 8.42 Å². The average Bonchev–Trinajstić information content (AvgIpc) is 2.65. The second-order valence-corrected chi connectivity index (χ2v) is 7.19. The molecule has 0 bridgehead atoms. The molecule has 1 heterocycles. The first kappa shape index (κ1) is 15.2. The molecule has 0 aliphatic rings.